The number of ether oxygens (including phenoxy) is 4. The van der Waals surface area contributed by atoms with Crippen LogP contribution in [-0.4, -0.2) is 44.2 Å². The second-order valence-corrected chi connectivity index (χ2v) is 5.90. The monoisotopic (exact) mass is 336 g/mol. The second kappa shape index (κ2) is 7.77. The molecule has 1 aromatic carbocycles. The largest absolute Gasteiger partial charge is 0.465 e. The van der Waals surface area contributed by atoms with Gasteiger partial charge in [-0.05, 0) is 26.3 Å². The van der Waals surface area contributed by atoms with E-state index < -0.39 is 23.1 Å². The zero-order valence-corrected chi connectivity index (χ0v) is 14.4. The number of esters is 2. The summed E-state index contributed by atoms with van der Waals surface area (Å²) >= 11 is 0. The molecule has 6 nitrogen and oxygen atoms in total. The fraction of sp³-hybridized carbons (Fsp3) is 0.556. The maximum atomic E-state index is 12.3. The van der Waals surface area contributed by atoms with Crippen LogP contribution in [0, 0.1) is 5.41 Å². The van der Waals surface area contributed by atoms with Crippen LogP contribution in [-0.2, 0) is 35.0 Å². The standard InChI is InChI=1S/C18H24O6/c1-4-21-15(19)18(16(20)22-5-2)12-23-17(3,24-13-18)11-14-9-7-6-8-10-14/h6-10H,4-5,11-13H2,1-3H3. The molecule has 0 spiro atoms. The predicted molar refractivity (Wildman–Crippen MR) is 86.2 cm³/mol. The van der Waals surface area contributed by atoms with Crippen molar-refractivity contribution in [3.8, 4) is 0 Å². The SMILES string of the molecule is CCOC(=O)C1(C(=O)OCC)COC(C)(Cc2ccccc2)OC1. The highest BCUT2D eigenvalue weighted by molar-refractivity contribution is 6.00. The molecule has 1 aromatic rings. The fourth-order valence-corrected chi connectivity index (χ4v) is 2.56. The van der Waals surface area contributed by atoms with Gasteiger partial charge in [-0.25, -0.2) is 0 Å². The van der Waals surface area contributed by atoms with Crippen molar-refractivity contribution >= 4 is 11.9 Å². The van der Waals surface area contributed by atoms with Crippen molar-refractivity contribution in [3.63, 3.8) is 0 Å². The third-order valence-corrected chi connectivity index (χ3v) is 3.95. The summed E-state index contributed by atoms with van der Waals surface area (Å²) in [5.41, 5.74) is -0.526. The number of hydrogen-bond donors (Lipinski definition) is 0. The van der Waals surface area contributed by atoms with Gasteiger partial charge in [0, 0.05) is 6.42 Å². The molecule has 0 unspecified atom stereocenters. The molecule has 1 fully saturated rings. The molecule has 0 amide bonds. The average Bonchev–Trinajstić information content (AvgIpc) is 2.57. The summed E-state index contributed by atoms with van der Waals surface area (Å²) in [6, 6.07) is 9.74. The molecular formula is C18H24O6. The molecule has 6 heteroatoms. The Morgan fingerprint density at radius 2 is 1.50 bits per heavy atom. The third-order valence-electron chi connectivity index (χ3n) is 3.95. The van der Waals surface area contributed by atoms with Crippen molar-refractivity contribution in [2.24, 2.45) is 5.41 Å². The first-order valence-electron chi connectivity index (χ1n) is 8.12. The van der Waals surface area contributed by atoms with Gasteiger partial charge < -0.3 is 18.9 Å². The topological polar surface area (TPSA) is 71.1 Å². The lowest BCUT2D eigenvalue weighted by Crippen LogP contribution is -2.57. The van der Waals surface area contributed by atoms with Crippen LogP contribution in [0.2, 0.25) is 0 Å². The zero-order valence-electron chi connectivity index (χ0n) is 14.4. The van der Waals surface area contributed by atoms with E-state index in [1.165, 1.54) is 0 Å². The summed E-state index contributed by atoms with van der Waals surface area (Å²) in [7, 11) is 0. The van der Waals surface area contributed by atoms with E-state index in [2.05, 4.69) is 0 Å². The van der Waals surface area contributed by atoms with Gasteiger partial charge in [0.25, 0.3) is 0 Å². The first kappa shape index (κ1) is 18.4. The molecule has 0 N–H and O–H groups in total. The highest BCUT2D eigenvalue weighted by Crippen LogP contribution is 2.34. The normalized spacial score (nSPS) is 18.6. The maximum absolute atomic E-state index is 12.3. The molecule has 0 saturated carbocycles. The zero-order chi connectivity index (χ0) is 17.6. The Morgan fingerprint density at radius 3 is 1.96 bits per heavy atom. The lowest BCUT2D eigenvalue weighted by molar-refractivity contribution is -0.291. The van der Waals surface area contributed by atoms with Gasteiger partial charge in [-0.2, -0.15) is 0 Å². The van der Waals surface area contributed by atoms with Crippen LogP contribution in [0.4, 0.5) is 0 Å². The number of rotatable bonds is 6. The Labute approximate surface area is 142 Å². The number of carbonyl (C=O) groups excluding carboxylic acids is 2. The first-order valence-corrected chi connectivity index (χ1v) is 8.12. The molecule has 24 heavy (non-hydrogen) atoms. The maximum Gasteiger partial charge on any atom is 0.328 e. The van der Waals surface area contributed by atoms with Crippen molar-refractivity contribution in [1.29, 1.82) is 0 Å². The van der Waals surface area contributed by atoms with Gasteiger partial charge in [0.2, 0.25) is 5.41 Å². The molecule has 1 aliphatic heterocycles. The summed E-state index contributed by atoms with van der Waals surface area (Å²) in [4.78, 5) is 24.6. The summed E-state index contributed by atoms with van der Waals surface area (Å²) in [6.45, 7) is 5.23. The lowest BCUT2D eigenvalue weighted by Gasteiger charge is -2.41. The first-order chi connectivity index (χ1) is 11.5. The number of benzene rings is 1. The van der Waals surface area contributed by atoms with Crippen LogP contribution in [0.3, 0.4) is 0 Å². The summed E-state index contributed by atoms with van der Waals surface area (Å²) < 4.78 is 21.7. The number of hydrogen-bond acceptors (Lipinski definition) is 6. The smallest absolute Gasteiger partial charge is 0.328 e. The molecular weight excluding hydrogens is 312 g/mol. The van der Waals surface area contributed by atoms with Crippen molar-refractivity contribution < 1.29 is 28.5 Å². The van der Waals surface area contributed by atoms with Crippen LogP contribution < -0.4 is 0 Å². The van der Waals surface area contributed by atoms with Crippen LogP contribution in [0.25, 0.3) is 0 Å². The molecule has 1 heterocycles. The molecule has 1 aliphatic rings. The van der Waals surface area contributed by atoms with Crippen LogP contribution >= 0.6 is 0 Å². The minimum atomic E-state index is -1.57. The second-order valence-electron chi connectivity index (χ2n) is 5.90. The molecule has 0 aromatic heterocycles. The quantitative estimate of drug-likeness (QED) is 0.585. The lowest BCUT2D eigenvalue weighted by atomic mass is 9.88. The van der Waals surface area contributed by atoms with Crippen molar-refractivity contribution in [2.45, 2.75) is 33.0 Å². The van der Waals surface area contributed by atoms with E-state index in [-0.39, 0.29) is 26.4 Å². The molecule has 132 valence electrons. The van der Waals surface area contributed by atoms with Gasteiger partial charge in [-0.3, -0.25) is 9.59 Å². The predicted octanol–water partition coefficient (Wildman–Crippen LogP) is 2.10. The van der Waals surface area contributed by atoms with Gasteiger partial charge >= 0.3 is 11.9 Å². The molecule has 0 bridgehead atoms. The van der Waals surface area contributed by atoms with Gasteiger partial charge in [0.15, 0.2) is 5.79 Å². The van der Waals surface area contributed by atoms with E-state index in [1.54, 1.807) is 20.8 Å². The molecule has 0 atom stereocenters. The van der Waals surface area contributed by atoms with E-state index in [9.17, 15) is 9.59 Å². The Bertz CT molecular complexity index is 540. The summed E-state index contributed by atoms with van der Waals surface area (Å²) in [6.07, 6.45) is 0.509. The van der Waals surface area contributed by atoms with Crippen LogP contribution in [0.1, 0.15) is 26.3 Å². The molecule has 0 radical (unpaired) electrons. The Balaban J connectivity index is 2.13. The van der Waals surface area contributed by atoms with Crippen molar-refractivity contribution in [2.75, 3.05) is 26.4 Å². The Morgan fingerprint density at radius 1 is 1.00 bits per heavy atom. The van der Waals surface area contributed by atoms with Gasteiger partial charge in [0.05, 0.1) is 26.4 Å². The van der Waals surface area contributed by atoms with E-state index in [0.29, 0.717) is 6.42 Å². The van der Waals surface area contributed by atoms with Crippen molar-refractivity contribution in [3.05, 3.63) is 35.9 Å². The fourth-order valence-electron chi connectivity index (χ4n) is 2.56. The van der Waals surface area contributed by atoms with E-state index >= 15 is 0 Å². The van der Waals surface area contributed by atoms with Crippen molar-refractivity contribution in [1.82, 2.24) is 0 Å². The minimum absolute atomic E-state index is 0.131. The summed E-state index contributed by atoms with van der Waals surface area (Å²) in [5.74, 6) is -2.26. The third kappa shape index (κ3) is 3.94. The van der Waals surface area contributed by atoms with E-state index in [1.807, 2.05) is 30.3 Å². The van der Waals surface area contributed by atoms with Crippen LogP contribution in [0.5, 0.6) is 0 Å². The van der Waals surface area contributed by atoms with E-state index in [4.69, 9.17) is 18.9 Å². The molecule has 2 rings (SSSR count). The van der Waals surface area contributed by atoms with Gasteiger partial charge in [0.1, 0.15) is 0 Å². The Kier molecular flexibility index (Phi) is 5.96. The molecule has 1 saturated heterocycles. The average molecular weight is 336 g/mol. The van der Waals surface area contributed by atoms with E-state index in [0.717, 1.165) is 5.56 Å². The van der Waals surface area contributed by atoms with Crippen LogP contribution in [0.15, 0.2) is 30.3 Å². The Hall–Kier alpha value is -1.92. The van der Waals surface area contributed by atoms with Gasteiger partial charge in [-0.1, -0.05) is 30.3 Å². The van der Waals surface area contributed by atoms with Gasteiger partial charge in [-0.15, -0.1) is 0 Å². The molecule has 0 aliphatic carbocycles. The highest BCUT2D eigenvalue weighted by atomic mass is 16.7. The highest BCUT2D eigenvalue weighted by Gasteiger charge is 2.55. The summed E-state index contributed by atoms with van der Waals surface area (Å²) in [5, 5.41) is 0. The minimum Gasteiger partial charge on any atom is -0.465 e. The number of carbonyl (C=O) groups is 2.